The molecule has 4 nitrogen and oxygen atoms in total. The highest BCUT2D eigenvalue weighted by Gasteiger charge is 2.13. The highest BCUT2D eigenvalue weighted by atomic mass is 16.5. The molecular formula is C21H31NO3. The Hall–Kier alpha value is -1.91. The van der Waals surface area contributed by atoms with Gasteiger partial charge in [0.05, 0.1) is 32.5 Å². The predicted octanol–water partition coefficient (Wildman–Crippen LogP) is 4.27. The van der Waals surface area contributed by atoms with E-state index in [1.807, 2.05) is 36.4 Å². The molecule has 138 valence electrons. The van der Waals surface area contributed by atoms with Gasteiger partial charge in [0.1, 0.15) is 0 Å². The highest BCUT2D eigenvalue weighted by molar-refractivity contribution is 5.95. The average molecular weight is 345 g/mol. The zero-order valence-electron chi connectivity index (χ0n) is 15.5. The number of unbranched alkanes of at least 4 members (excludes halogenated alkanes) is 1. The molecule has 0 spiro atoms. The number of rotatable bonds is 2. The Kier molecular flexibility index (Phi) is 11.3. The van der Waals surface area contributed by atoms with Crippen molar-refractivity contribution >= 4 is 5.91 Å². The Bertz CT molecular complexity index is 538. The highest BCUT2D eigenvalue weighted by Crippen LogP contribution is 2.11. The number of ether oxygens (including phenoxy) is 2. The van der Waals surface area contributed by atoms with Crippen LogP contribution in [0, 0.1) is 0 Å². The van der Waals surface area contributed by atoms with Crippen molar-refractivity contribution in [3.8, 4) is 0 Å². The fraction of sp³-hybridized carbons (Fsp3) is 0.476. The number of benzene rings is 1. The molecule has 1 amide bonds. The number of nitrogens with one attached hydrogen (secondary N) is 1. The third-order valence-electron chi connectivity index (χ3n) is 3.76. The number of carbonyl (C=O) groups is 1. The number of fused-ring (bicyclic) bond motifs is 1. The van der Waals surface area contributed by atoms with Gasteiger partial charge in [-0.05, 0) is 18.1 Å². The van der Waals surface area contributed by atoms with Gasteiger partial charge in [-0.15, -0.1) is 6.58 Å². The molecule has 2 rings (SSSR count). The zero-order chi connectivity index (χ0) is 18.3. The summed E-state index contributed by atoms with van der Waals surface area (Å²) in [6, 6.07) is 7.39. The fourth-order valence-electron chi connectivity index (χ4n) is 2.09. The Balaban J connectivity index is 0.000000705. The molecular weight excluding hydrogens is 314 g/mol. The summed E-state index contributed by atoms with van der Waals surface area (Å²) in [6.45, 7) is 10.1. The van der Waals surface area contributed by atoms with E-state index >= 15 is 0 Å². The van der Waals surface area contributed by atoms with Crippen LogP contribution in [0.4, 0.5) is 0 Å². The van der Waals surface area contributed by atoms with Crippen molar-refractivity contribution in [2.24, 2.45) is 0 Å². The maximum atomic E-state index is 12.4. The SMILES string of the molecule is C=CC1C/C=C\COCCOCc2ccccc2C(=O)N1.CCCC. The second-order valence-electron chi connectivity index (χ2n) is 5.81. The monoisotopic (exact) mass is 345 g/mol. The van der Waals surface area contributed by atoms with Gasteiger partial charge in [-0.2, -0.15) is 0 Å². The van der Waals surface area contributed by atoms with E-state index in [9.17, 15) is 4.79 Å². The van der Waals surface area contributed by atoms with E-state index in [0.29, 0.717) is 38.4 Å². The van der Waals surface area contributed by atoms with Crippen LogP contribution in [-0.4, -0.2) is 31.8 Å². The maximum Gasteiger partial charge on any atom is 0.252 e. The second-order valence-corrected chi connectivity index (χ2v) is 5.81. The van der Waals surface area contributed by atoms with Crippen molar-refractivity contribution < 1.29 is 14.3 Å². The lowest BCUT2D eigenvalue weighted by Gasteiger charge is -2.16. The maximum absolute atomic E-state index is 12.4. The molecule has 1 atom stereocenters. The van der Waals surface area contributed by atoms with E-state index in [0.717, 1.165) is 5.56 Å². The standard InChI is InChI=1S/C17H21NO3.C4H10/c1-2-15-8-5-6-10-20-11-12-21-13-14-7-3-4-9-16(14)17(19)18-15;1-3-4-2/h2-7,9,15H,1,8,10-13H2,(H,18,19);3-4H2,1-2H3/b6-5-;. The minimum atomic E-state index is -0.0965. The fourth-order valence-corrected chi connectivity index (χ4v) is 2.09. The number of hydrogen-bond acceptors (Lipinski definition) is 3. The molecule has 25 heavy (non-hydrogen) atoms. The molecule has 1 aromatic rings. The van der Waals surface area contributed by atoms with E-state index in [1.165, 1.54) is 12.8 Å². The Morgan fingerprint density at radius 3 is 2.60 bits per heavy atom. The van der Waals surface area contributed by atoms with E-state index in [1.54, 1.807) is 6.08 Å². The molecule has 0 saturated carbocycles. The van der Waals surface area contributed by atoms with Crippen LogP contribution in [0.3, 0.4) is 0 Å². The average Bonchev–Trinajstić information content (AvgIpc) is 2.65. The summed E-state index contributed by atoms with van der Waals surface area (Å²) < 4.78 is 11.0. The normalized spacial score (nSPS) is 20.1. The molecule has 1 aliphatic heterocycles. The molecule has 0 aliphatic carbocycles. The first-order chi connectivity index (χ1) is 12.2. The summed E-state index contributed by atoms with van der Waals surface area (Å²) in [5.74, 6) is -0.0965. The first kappa shape index (κ1) is 21.1. The molecule has 0 saturated heterocycles. The molecule has 1 N–H and O–H groups in total. The van der Waals surface area contributed by atoms with Crippen molar-refractivity contribution in [2.75, 3.05) is 19.8 Å². The lowest BCUT2D eigenvalue weighted by Crippen LogP contribution is -2.33. The summed E-state index contributed by atoms with van der Waals surface area (Å²) in [4.78, 5) is 12.4. The van der Waals surface area contributed by atoms with Crippen LogP contribution in [0.15, 0.2) is 49.1 Å². The smallest absolute Gasteiger partial charge is 0.252 e. The van der Waals surface area contributed by atoms with Gasteiger partial charge in [0, 0.05) is 5.56 Å². The predicted molar refractivity (Wildman–Crippen MR) is 103 cm³/mol. The Labute approximate surface area is 151 Å². The first-order valence-corrected chi connectivity index (χ1v) is 9.04. The minimum Gasteiger partial charge on any atom is -0.375 e. The summed E-state index contributed by atoms with van der Waals surface area (Å²) in [5, 5.41) is 2.97. The van der Waals surface area contributed by atoms with Gasteiger partial charge >= 0.3 is 0 Å². The van der Waals surface area contributed by atoms with Crippen LogP contribution in [-0.2, 0) is 16.1 Å². The van der Waals surface area contributed by atoms with Crippen molar-refractivity contribution in [3.63, 3.8) is 0 Å². The van der Waals surface area contributed by atoms with Crippen LogP contribution in [0.25, 0.3) is 0 Å². The molecule has 1 aliphatic rings. The molecule has 0 bridgehead atoms. The van der Waals surface area contributed by atoms with Gasteiger partial charge in [0.15, 0.2) is 0 Å². The summed E-state index contributed by atoms with van der Waals surface area (Å²) >= 11 is 0. The Morgan fingerprint density at radius 1 is 1.16 bits per heavy atom. The van der Waals surface area contributed by atoms with Gasteiger partial charge in [0.2, 0.25) is 0 Å². The third-order valence-corrected chi connectivity index (χ3v) is 3.76. The first-order valence-electron chi connectivity index (χ1n) is 9.04. The largest absolute Gasteiger partial charge is 0.375 e. The van der Waals surface area contributed by atoms with E-state index in [2.05, 4.69) is 25.7 Å². The molecule has 0 aromatic heterocycles. The number of amides is 1. The van der Waals surface area contributed by atoms with Crippen LogP contribution in [0.1, 0.15) is 49.0 Å². The molecule has 1 unspecified atom stereocenters. The number of hydrogen-bond donors (Lipinski definition) is 1. The van der Waals surface area contributed by atoms with Gasteiger partial charge in [-0.1, -0.05) is 63.1 Å². The lowest BCUT2D eigenvalue weighted by atomic mass is 10.1. The number of carbonyl (C=O) groups excluding carboxylic acids is 1. The topological polar surface area (TPSA) is 47.6 Å². The molecule has 4 heteroatoms. The Morgan fingerprint density at radius 2 is 1.88 bits per heavy atom. The van der Waals surface area contributed by atoms with E-state index in [4.69, 9.17) is 9.47 Å². The summed E-state index contributed by atoms with van der Waals surface area (Å²) in [7, 11) is 0. The molecule has 0 fully saturated rings. The van der Waals surface area contributed by atoms with Gasteiger partial charge in [-0.3, -0.25) is 4.79 Å². The van der Waals surface area contributed by atoms with Crippen molar-refractivity contribution in [1.29, 1.82) is 0 Å². The van der Waals surface area contributed by atoms with Crippen molar-refractivity contribution in [3.05, 3.63) is 60.2 Å². The van der Waals surface area contributed by atoms with Crippen LogP contribution < -0.4 is 5.32 Å². The quantitative estimate of drug-likeness (QED) is 0.814. The van der Waals surface area contributed by atoms with E-state index < -0.39 is 0 Å². The second kappa shape index (κ2) is 13.4. The van der Waals surface area contributed by atoms with Crippen molar-refractivity contribution in [2.45, 2.75) is 45.8 Å². The summed E-state index contributed by atoms with van der Waals surface area (Å²) in [5.41, 5.74) is 1.52. The molecule has 1 aromatic carbocycles. The van der Waals surface area contributed by atoms with E-state index in [-0.39, 0.29) is 11.9 Å². The van der Waals surface area contributed by atoms with Crippen LogP contribution >= 0.6 is 0 Å². The summed E-state index contributed by atoms with van der Waals surface area (Å²) in [6.07, 6.45) is 9.03. The third kappa shape index (κ3) is 8.66. The van der Waals surface area contributed by atoms with Gasteiger partial charge < -0.3 is 14.8 Å². The zero-order valence-corrected chi connectivity index (χ0v) is 15.5. The minimum absolute atomic E-state index is 0.0920. The van der Waals surface area contributed by atoms with Gasteiger partial charge in [0.25, 0.3) is 5.91 Å². The van der Waals surface area contributed by atoms with Crippen LogP contribution in [0.2, 0.25) is 0 Å². The molecule has 0 radical (unpaired) electrons. The molecule has 1 heterocycles. The van der Waals surface area contributed by atoms with Crippen LogP contribution in [0.5, 0.6) is 0 Å². The van der Waals surface area contributed by atoms with Gasteiger partial charge in [-0.25, -0.2) is 0 Å². The lowest BCUT2D eigenvalue weighted by molar-refractivity contribution is 0.0498. The van der Waals surface area contributed by atoms with Crippen molar-refractivity contribution in [1.82, 2.24) is 5.32 Å².